The molecule has 0 aliphatic carbocycles. The molecule has 0 unspecified atom stereocenters. The Morgan fingerprint density at radius 3 is 2.50 bits per heavy atom. The number of ether oxygens (including phenoxy) is 2. The maximum atomic E-state index is 12.7. The molecule has 3 rings (SSSR count). The first-order valence-electron chi connectivity index (χ1n) is 10.4. The normalized spacial score (nSPS) is 14.5. The standard InChI is InChI=1S/C21H28N4O4S/c1-3-28-17-7-5-15(6-8-17)19-22-23-21(30)25(19)14-11-18(26)24-12-9-16(10-13-24)20(27)29-4-2/h5-8,16H,3-4,9-14H2,1-2H3,(H,23,30). The molecule has 162 valence electrons. The monoisotopic (exact) mass is 432 g/mol. The summed E-state index contributed by atoms with van der Waals surface area (Å²) in [6.45, 7) is 6.33. The summed E-state index contributed by atoms with van der Waals surface area (Å²) >= 11 is 5.36. The molecule has 1 N–H and O–H groups in total. The number of nitrogens with one attached hydrogen (secondary N) is 1. The van der Waals surface area contributed by atoms with E-state index in [4.69, 9.17) is 21.7 Å². The fourth-order valence-corrected chi connectivity index (χ4v) is 3.83. The minimum absolute atomic E-state index is 0.0538. The minimum Gasteiger partial charge on any atom is -0.494 e. The topological polar surface area (TPSA) is 89.4 Å². The molecule has 30 heavy (non-hydrogen) atoms. The van der Waals surface area contributed by atoms with Gasteiger partial charge in [0.25, 0.3) is 0 Å². The van der Waals surface area contributed by atoms with Crippen LogP contribution in [-0.2, 0) is 20.9 Å². The Balaban J connectivity index is 1.59. The van der Waals surface area contributed by atoms with Gasteiger partial charge < -0.3 is 14.4 Å². The van der Waals surface area contributed by atoms with Crippen LogP contribution in [0.5, 0.6) is 5.75 Å². The van der Waals surface area contributed by atoms with Gasteiger partial charge in [-0.3, -0.25) is 19.3 Å². The Labute approximate surface area is 181 Å². The smallest absolute Gasteiger partial charge is 0.309 e. The van der Waals surface area contributed by atoms with Gasteiger partial charge >= 0.3 is 5.97 Å². The van der Waals surface area contributed by atoms with Gasteiger partial charge in [-0.1, -0.05) is 0 Å². The average molecular weight is 433 g/mol. The van der Waals surface area contributed by atoms with Crippen molar-refractivity contribution in [3.8, 4) is 17.1 Å². The van der Waals surface area contributed by atoms with Gasteiger partial charge in [-0.25, -0.2) is 0 Å². The first-order chi connectivity index (χ1) is 14.5. The molecule has 1 aromatic carbocycles. The Kier molecular flexibility index (Phi) is 7.62. The molecule has 9 heteroatoms. The second-order valence-electron chi connectivity index (χ2n) is 7.12. The number of amides is 1. The van der Waals surface area contributed by atoms with E-state index in [1.165, 1.54) is 0 Å². The van der Waals surface area contributed by atoms with E-state index in [1.807, 2.05) is 40.7 Å². The first kappa shape index (κ1) is 22.0. The van der Waals surface area contributed by atoms with E-state index >= 15 is 0 Å². The van der Waals surface area contributed by atoms with E-state index in [-0.39, 0.29) is 17.8 Å². The molecule has 1 aromatic heterocycles. The third-order valence-corrected chi connectivity index (χ3v) is 5.51. The second kappa shape index (κ2) is 10.4. The Bertz CT molecular complexity index is 914. The van der Waals surface area contributed by atoms with Crippen molar-refractivity contribution in [3.63, 3.8) is 0 Å². The van der Waals surface area contributed by atoms with Gasteiger partial charge in [0, 0.05) is 31.6 Å². The predicted octanol–water partition coefficient (Wildman–Crippen LogP) is 3.20. The van der Waals surface area contributed by atoms with Gasteiger partial charge in [0.1, 0.15) is 5.75 Å². The van der Waals surface area contributed by atoms with E-state index in [9.17, 15) is 9.59 Å². The number of hydrogen-bond acceptors (Lipinski definition) is 6. The molecule has 2 aromatic rings. The van der Waals surface area contributed by atoms with Crippen molar-refractivity contribution in [3.05, 3.63) is 29.0 Å². The van der Waals surface area contributed by atoms with E-state index in [1.54, 1.807) is 6.92 Å². The minimum atomic E-state index is -0.158. The van der Waals surface area contributed by atoms with Gasteiger partial charge in [0.05, 0.1) is 19.1 Å². The molecule has 8 nitrogen and oxygen atoms in total. The lowest BCUT2D eigenvalue weighted by molar-refractivity contribution is -0.151. The molecule has 0 bridgehead atoms. The van der Waals surface area contributed by atoms with Crippen LogP contribution in [0.1, 0.15) is 33.1 Å². The lowest BCUT2D eigenvalue weighted by Gasteiger charge is -2.31. The molecule has 0 spiro atoms. The zero-order valence-electron chi connectivity index (χ0n) is 17.4. The van der Waals surface area contributed by atoms with Gasteiger partial charge in [-0.15, -0.1) is 0 Å². The number of hydrogen-bond donors (Lipinski definition) is 1. The summed E-state index contributed by atoms with van der Waals surface area (Å²) < 4.78 is 12.9. The zero-order valence-corrected chi connectivity index (χ0v) is 18.2. The van der Waals surface area contributed by atoms with Crippen LogP contribution in [0.4, 0.5) is 0 Å². The fourth-order valence-electron chi connectivity index (χ4n) is 3.60. The fraction of sp³-hybridized carbons (Fsp3) is 0.524. The van der Waals surface area contributed by atoms with Crippen LogP contribution < -0.4 is 4.74 Å². The van der Waals surface area contributed by atoms with Crippen LogP contribution in [0, 0.1) is 10.7 Å². The van der Waals surface area contributed by atoms with Crippen LogP contribution in [0.2, 0.25) is 0 Å². The van der Waals surface area contributed by atoms with Crippen molar-refractivity contribution >= 4 is 24.1 Å². The summed E-state index contributed by atoms with van der Waals surface area (Å²) in [6.07, 6.45) is 1.61. The van der Waals surface area contributed by atoms with Crippen LogP contribution in [0.25, 0.3) is 11.4 Å². The Hall–Kier alpha value is -2.68. The summed E-state index contributed by atoms with van der Waals surface area (Å²) in [4.78, 5) is 26.4. The summed E-state index contributed by atoms with van der Waals surface area (Å²) in [7, 11) is 0. The number of rotatable bonds is 8. The maximum Gasteiger partial charge on any atom is 0.309 e. The molecule has 1 amide bonds. The van der Waals surface area contributed by atoms with Gasteiger partial charge in [0.2, 0.25) is 5.91 Å². The third kappa shape index (κ3) is 5.27. The van der Waals surface area contributed by atoms with Crippen molar-refractivity contribution in [1.29, 1.82) is 0 Å². The molecule has 0 radical (unpaired) electrons. The van der Waals surface area contributed by atoms with E-state index in [2.05, 4.69) is 10.2 Å². The molecule has 2 heterocycles. The lowest BCUT2D eigenvalue weighted by atomic mass is 9.97. The molecule has 0 saturated carbocycles. The van der Waals surface area contributed by atoms with E-state index in [0.717, 1.165) is 11.3 Å². The number of likely N-dealkylation sites (tertiary alicyclic amines) is 1. The van der Waals surface area contributed by atoms with E-state index in [0.29, 0.717) is 62.7 Å². The molecule has 1 saturated heterocycles. The van der Waals surface area contributed by atoms with Gasteiger partial charge in [-0.05, 0) is 63.2 Å². The molecular weight excluding hydrogens is 404 g/mol. The number of aromatic amines is 1. The Morgan fingerprint density at radius 1 is 1.17 bits per heavy atom. The molecule has 1 aliphatic rings. The van der Waals surface area contributed by atoms with Crippen molar-refractivity contribution < 1.29 is 19.1 Å². The summed E-state index contributed by atoms with van der Waals surface area (Å²) in [5, 5.41) is 7.14. The SMILES string of the molecule is CCOC(=O)C1CCN(C(=O)CCn2c(-c3ccc(OCC)cc3)n[nH]c2=S)CC1. The van der Waals surface area contributed by atoms with E-state index < -0.39 is 0 Å². The Morgan fingerprint density at radius 2 is 1.87 bits per heavy atom. The van der Waals surface area contributed by atoms with Crippen molar-refractivity contribution in [1.82, 2.24) is 19.7 Å². The molecular formula is C21H28N4O4S. The largest absolute Gasteiger partial charge is 0.494 e. The number of carbonyl (C=O) groups is 2. The summed E-state index contributed by atoms with van der Waals surface area (Å²) in [5.74, 6) is 1.27. The third-order valence-electron chi connectivity index (χ3n) is 5.20. The number of carbonyl (C=O) groups excluding carboxylic acids is 2. The second-order valence-corrected chi connectivity index (χ2v) is 7.51. The van der Waals surface area contributed by atoms with Crippen molar-refractivity contribution in [2.24, 2.45) is 5.92 Å². The van der Waals surface area contributed by atoms with Crippen LogP contribution in [-0.4, -0.2) is 57.8 Å². The number of nitrogens with zero attached hydrogens (tertiary/aromatic N) is 3. The van der Waals surface area contributed by atoms with Gasteiger partial charge in [-0.2, -0.15) is 5.10 Å². The number of esters is 1. The molecule has 1 aliphatic heterocycles. The van der Waals surface area contributed by atoms with Gasteiger partial charge in [0.15, 0.2) is 10.6 Å². The highest BCUT2D eigenvalue weighted by Gasteiger charge is 2.28. The quantitative estimate of drug-likeness (QED) is 0.509. The maximum absolute atomic E-state index is 12.7. The highest BCUT2D eigenvalue weighted by Crippen LogP contribution is 2.22. The number of piperidine rings is 1. The van der Waals surface area contributed by atoms with Crippen LogP contribution in [0.15, 0.2) is 24.3 Å². The zero-order chi connectivity index (χ0) is 21.5. The predicted molar refractivity (Wildman–Crippen MR) is 115 cm³/mol. The number of H-pyrrole nitrogens is 1. The lowest BCUT2D eigenvalue weighted by Crippen LogP contribution is -2.40. The highest BCUT2D eigenvalue weighted by atomic mass is 32.1. The van der Waals surface area contributed by atoms with Crippen molar-refractivity contribution in [2.75, 3.05) is 26.3 Å². The summed E-state index contributed by atoms with van der Waals surface area (Å²) in [6, 6.07) is 7.63. The summed E-state index contributed by atoms with van der Waals surface area (Å²) in [5.41, 5.74) is 0.897. The highest BCUT2D eigenvalue weighted by molar-refractivity contribution is 7.71. The number of aromatic nitrogens is 3. The molecule has 1 fully saturated rings. The number of benzene rings is 1. The van der Waals surface area contributed by atoms with Crippen molar-refractivity contribution in [2.45, 2.75) is 39.7 Å². The van der Waals surface area contributed by atoms with Crippen LogP contribution in [0.3, 0.4) is 0 Å². The average Bonchev–Trinajstić information content (AvgIpc) is 3.13. The molecule has 0 atom stereocenters. The van der Waals surface area contributed by atoms with Crippen LogP contribution >= 0.6 is 12.2 Å². The first-order valence-corrected chi connectivity index (χ1v) is 10.8.